The SMILES string of the molecule is [B]c1ccc(-c2ccc(CC(=O)N(C)C)cc2)cc1. The number of hydrogen-bond acceptors (Lipinski definition) is 1. The highest BCUT2D eigenvalue weighted by atomic mass is 16.2. The van der Waals surface area contributed by atoms with Crippen LogP contribution in [0.1, 0.15) is 5.56 Å². The van der Waals surface area contributed by atoms with Crippen LogP contribution in [-0.2, 0) is 11.2 Å². The first-order valence-corrected chi connectivity index (χ1v) is 6.21. The van der Waals surface area contributed by atoms with Gasteiger partial charge in [-0.3, -0.25) is 4.79 Å². The lowest BCUT2D eigenvalue weighted by Gasteiger charge is -2.10. The third-order valence-corrected chi connectivity index (χ3v) is 3.05. The van der Waals surface area contributed by atoms with Gasteiger partial charge < -0.3 is 4.90 Å². The fraction of sp³-hybridized carbons (Fsp3) is 0.188. The summed E-state index contributed by atoms with van der Waals surface area (Å²) in [6, 6.07) is 15.8. The second kappa shape index (κ2) is 5.74. The topological polar surface area (TPSA) is 20.3 Å². The van der Waals surface area contributed by atoms with Crippen molar-refractivity contribution in [1.82, 2.24) is 4.90 Å². The molecular weight excluding hydrogens is 233 g/mol. The molecule has 0 saturated heterocycles. The number of likely N-dealkylation sites (N-methyl/N-ethyl adjacent to an activating group) is 1. The van der Waals surface area contributed by atoms with E-state index in [1.807, 2.05) is 48.5 Å². The number of rotatable bonds is 3. The Kier molecular flexibility index (Phi) is 4.05. The second-order valence-electron chi connectivity index (χ2n) is 4.78. The fourth-order valence-corrected chi connectivity index (χ4v) is 1.82. The molecule has 0 spiro atoms. The quantitative estimate of drug-likeness (QED) is 0.759. The smallest absolute Gasteiger partial charge is 0.226 e. The molecule has 0 bridgehead atoms. The Labute approximate surface area is 115 Å². The van der Waals surface area contributed by atoms with Crippen LogP contribution in [0, 0.1) is 0 Å². The first-order valence-electron chi connectivity index (χ1n) is 6.21. The van der Waals surface area contributed by atoms with Crippen molar-refractivity contribution in [1.29, 1.82) is 0 Å². The van der Waals surface area contributed by atoms with Crippen LogP contribution >= 0.6 is 0 Å². The van der Waals surface area contributed by atoms with Crippen molar-refractivity contribution >= 4 is 19.2 Å². The summed E-state index contributed by atoms with van der Waals surface area (Å²) in [5.41, 5.74) is 4.04. The van der Waals surface area contributed by atoms with Crippen LogP contribution in [0.3, 0.4) is 0 Å². The molecule has 0 unspecified atom stereocenters. The fourth-order valence-electron chi connectivity index (χ4n) is 1.82. The molecule has 0 aliphatic heterocycles. The van der Waals surface area contributed by atoms with Gasteiger partial charge in [-0.2, -0.15) is 0 Å². The van der Waals surface area contributed by atoms with Gasteiger partial charge in [0.2, 0.25) is 5.91 Å². The van der Waals surface area contributed by atoms with Crippen LogP contribution in [0.5, 0.6) is 0 Å². The number of nitrogens with zero attached hydrogens (tertiary/aromatic N) is 1. The van der Waals surface area contributed by atoms with Crippen LogP contribution in [0.15, 0.2) is 48.5 Å². The van der Waals surface area contributed by atoms with Crippen molar-refractivity contribution < 1.29 is 4.79 Å². The van der Waals surface area contributed by atoms with Crippen molar-refractivity contribution in [2.24, 2.45) is 0 Å². The number of hydrogen-bond donors (Lipinski definition) is 0. The van der Waals surface area contributed by atoms with Gasteiger partial charge in [-0.15, -0.1) is 0 Å². The molecule has 2 aromatic carbocycles. The molecule has 2 aromatic rings. The minimum absolute atomic E-state index is 0.111. The highest BCUT2D eigenvalue weighted by molar-refractivity contribution is 6.32. The van der Waals surface area contributed by atoms with Crippen molar-refractivity contribution in [2.75, 3.05) is 14.1 Å². The Morgan fingerprint density at radius 3 is 1.89 bits per heavy atom. The molecule has 0 aliphatic carbocycles. The Hall–Kier alpha value is -2.03. The maximum absolute atomic E-state index is 11.6. The molecule has 0 aliphatic rings. The highest BCUT2D eigenvalue weighted by Gasteiger charge is 2.05. The van der Waals surface area contributed by atoms with Crippen LogP contribution in [0.4, 0.5) is 0 Å². The summed E-state index contributed by atoms with van der Waals surface area (Å²) in [6.45, 7) is 0. The summed E-state index contributed by atoms with van der Waals surface area (Å²) < 4.78 is 0. The summed E-state index contributed by atoms with van der Waals surface area (Å²) in [6.07, 6.45) is 0.440. The van der Waals surface area contributed by atoms with E-state index in [1.54, 1.807) is 19.0 Å². The molecule has 3 heteroatoms. The summed E-state index contributed by atoms with van der Waals surface area (Å²) >= 11 is 0. The van der Waals surface area contributed by atoms with Gasteiger partial charge in [0.1, 0.15) is 7.85 Å². The molecule has 0 aromatic heterocycles. The summed E-state index contributed by atoms with van der Waals surface area (Å²) in [5.74, 6) is 0.111. The summed E-state index contributed by atoms with van der Waals surface area (Å²) in [5, 5.41) is 0. The molecule has 2 radical (unpaired) electrons. The zero-order valence-electron chi connectivity index (χ0n) is 11.3. The normalized spacial score (nSPS) is 10.2. The minimum Gasteiger partial charge on any atom is -0.349 e. The van der Waals surface area contributed by atoms with E-state index in [4.69, 9.17) is 7.85 Å². The number of amides is 1. The second-order valence-corrected chi connectivity index (χ2v) is 4.78. The van der Waals surface area contributed by atoms with E-state index in [0.29, 0.717) is 6.42 Å². The third kappa shape index (κ3) is 3.47. The van der Waals surface area contributed by atoms with Crippen molar-refractivity contribution in [3.8, 4) is 11.1 Å². The standard InChI is InChI=1S/C16H16BNO/c1-18(2)16(19)11-12-3-5-13(6-4-12)14-7-9-15(17)10-8-14/h3-10H,11H2,1-2H3. The predicted molar refractivity (Wildman–Crippen MR) is 79.7 cm³/mol. The third-order valence-electron chi connectivity index (χ3n) is 3.05. The molecule has 0 atom stereocenters. The van der Waals surface area contributed by atoms with E-state index in [0.717, 1.165) is 22.2 Å². The van der Waals surface area contributed by atoms with Gasteiger partial charge >= 0.3 is 0 Å². The van der Waals surface area contributed by atoms with Gasteiger partial charge in [0, 0.05) is 14.1 Å². The van der Waals surface area contributed by atoms with Crippen LogP contribution in [0.2, 0.25) is 0 Å². The largest absolute Gasteiger partial charge is 0.349 e. The average molecular weight is 249 g/mol. The number of carbonyl (C=O) groups excluding carboxylic acids is 1. The molecule has 2 nitrogen and oxygen atoms in total. The van der Waals surface area contributed by atoms with E-state index in [-0.39, 0.29) is 5.91 Å². The first kappa shape index (κ1) is 13.4. The monoisotopic (exact) mass is 249 g/mol. The van der Waals surface area contributed by atoms with Gasteiger partial charge in [-0.25, -0.2) is 0 Å². The van der Waals surface area contributed by atoms with Crippen LogP contribution < -0.4 is 5.46 Å². The van der Waals surface area contributed by atoms with Gasteiger partial charge in [-0.05, 0) is 16.7 Å². The maximum Gasteiger partial charge on any atom is 0.226 e. The van der Waals surface area contributed by atoms with Gasteiger partial charge in [0.05, 0.1) is 6.42 Å². The lowest BCUT2D eigenvalue weighted by atomic mass is 9.93. The molecular formula is C16H16BNO. The lowest BCUT2D eigenvalue weighted by Crippen LogP contribution is -2.23. The van der Waals surface area contributed by atoms with Crippen molar-refractivity contribution in [2.45, 2.75) is 6.42 Å². The van der Waals surface area contributed by atoms with Crippen LogP contribution in [-0.4, -0.2) is 32.7 Å². The lowest BCUT2D eigenvalue weighted by molar-refractivity contribution is -0.127. The highest BCUT2D eigenvalue weighted by Crippen LogP contribution is 2.19. The molecule has 0 saturated carbocycles. The van der Waals surface area contributed by atoms with Gasteiger partial charge in [0.25, 0.3) is 0 Å². The Morgan fingerprint density at radius 1 is 0.947 bits per heavy atom. The number of benzene rings is 2. The molecule has 19 heavy (non-hydrogen) atoms. The first-order chi connectivity index (χ1) is 9.06. The van der Waals surface area contributed by atoms with Crippen molar-refractivity contribution in [3.05, 3.63) is 54.1 Å². The zero-order chi connectivity index (χ0) is 13.8. The van der Waals surface area contributed by atoms with Gasteiger partial charge in [0.15, 0.2) is 0 Å². The predicted octanol–water partition coefficient (Wildman–Crippen LogP) is 1.78. The molecule has 0 N–H and O–H groups in total. The zero-order valence-corrected chi connectivity index (χ0v) is 11.3. The van der Waals surface area contributed by atoms with Crippen LogP contribution in [0.25, 0.3) is 11.1 Å². The average Bonchev–Trinajstić information content (AvgIpc) is 2.40. The van der Waals surface area contributed by atoms with E-state index >= 15 is 0 Å². The molecule has 0 heterocycles. The number of carbonyl (C=O) groups is 1. The molecule has 1 amide bonds. The summed E-state index contributed by atoms with van der Waals surface area (Å²) in [4.78, 5) is 13.2. The molecule has 0 fully saturated rings. The summed E-state index contributed by atoms with van der Waals surface area (Å²) in [7, 11) is 9.21. The van der Waals surface area contributed by atoms with Crippen molar-refractivity contribution in [3.63, 3.8) is 0 Å². The Bertz CT molecular complexity index is 558. The molecule has 94 valence electrons. The molecule has 2 rings (SSSR count). The minimum atomic E-state index is 0.111. The van der Waals surface area contributed by atoms with Gasteiger partial charge in [-0.1, -0.05) is 54.0 Å². The van der Waals surface area contributed by atoms with E-state index in [9.17, 15) is 4.79 Å². The Balaban J connectivity index is 2.14. The maximum atomic E-state index is 11.6. The van der Waals surface area contributed by atoms with E-state index in [1.165, 1.54) is 0 Å². The van der Waals surface area contributed by atoms with E-state index < -0.39 is 0 Å². The van der Waals surface area contributed by atoms with E-state index in [2.05, 4.69) is 0 Å². The Morgan fingerprint density at radius 2 is 1.42 bits per heavy atom.